The Morgan fingerprint density at radius 2 is 2.00 bits per heavy atom. The first-order valence-corrected chi connectivity index (χ1v) is 8.52. The van der Waals surface area contributed by atoms with Crippen molar-refractivity contribution in [3.8, 4) is 0 Å². The van der Waals surface area contributed by atoms with Crippen LogP contribution in [-0.4, -0.2) is 23.0 Å². The van der Waals surface area contributed by atoms with E-state index in [1.807, 2.05) is 0 Å². The minimum absolute atomic E-state index is 1.11. The average Bonchev–Trinajstić information content (AvgIpc) is 2.80. The Labute approximate surface area is 128 Å². The van der Waals surface area contributed by atoms with Crippen LogP contribution in [0.2, 0.25) is 0 Å². The SMILES string of the molecule is CCCCCCN1CCc2c([nH]c3cc(C)cc(C)c23)C1. The van der Waals surface area contributed by atoms with Gasteiger partial charge >= 0.3 is 0 Å². The minimum atomic E-state index is 1.11. The third kappa shape index (κ3) is 3.01. The van der Waals surface area contributed by atoms with Crippen molar-refractivity contribution < 1.29 is 0 Å². The zero-order chi connectivity index (χ0) is 14.8. The lowest BCUT2D eigenvalue weighted by atomic mass is 9.99. The Morgan fingerprint density at radius 3 is 2.81 bits per heavy atom. The number of aryl methyl sites for hydroxylation is 2. The minimum Gasteiger partial charge on any atom is -0.357 e. The summed E-state index contributed by atoms with van der Waals surface area (Å²) in [4.78, 5) is 6.31. The van der Waals surface area contributed by atoms with Crippen LogP contribution in [0.25, 0.3) is 10.9 Å². The van der Waals surface area contributed by atoms with Crippen molar-refractivity contribution in [3.05, 3.63) is 34.5 Å². The summed E-state index contributed by atoms with van der Waals surface area (Å²) in [6.07, 6.45) is 6.63. The summed E-state index contributed by atoms with van der Waals surface area (Å²) in [5, 5.41) is 1.49. The van der Waals surface area contributed by atoms with Crippen molar-refractivity contribution in [2.75, 3.05) is 13.1 Å². The second kappa shape index (κ2) is 6.23. The summed E-state index contributed by atoms with van der Waals surface area (Å²) < 4.78 is 0. The van der Waals surface area contributed by atoms with Crippen LogP contribution in [0.15, 0.2) is 12.1 Å². The fourth-order valence-electron chi connectivity index (χ4n) is 3.79. The van der Waals surface area contributed by atoms with Gasteiger partial charge in [-0.25, -0.2) is 0 Å². The number of H-pyrrole nitrogens is 1. The van der Waals surface area contributed by atoms with Gasteiger partial charge in [-0.15, -0.1) is 0 Å². The number of hydrogen-bond acceptors (Lipinski definition) is 1. The second-order valence-electron chi connectivity index (χ2n) is 6.67. The van der Waals surface area contributed by atoms with Gasteiger partial charge < -0.3 is 4.98 Å². The Balaban J connectivity index is 1.76. The molecule has 0 saturated carbocycles. The average molecular weight is 284 g/mol. The van der Waals surface area contributed by atoms with Crippen LogP contribution in [-0.2, 0) is 13.0 Å². The lowest BCUT2D eigenvalue weighted by Gasteiger charge is -2.27. The van der Waals surface area contributed by atoms with Crippen LogP contribution in [0.4, 0.5) is 0 Å². The fraction of sp³-hybridized carbons (Fsp3) is 0.579. The number of rotatable bonds is 5. The molecule has 3 rings (SSSR count). The molecular formula is C19H28N2. The molecular weight excluding hydrogens is 256 g/mol. The standard InChI is InChI=1S/C19H28N2/c1-4-5-6-7-9-21-10-8-16-18(13-21)20-17-12-14(2)11-15(3)19(16)17/h11-12,20H,4-10,13H2,1-3H3. The molecule has 21 heavy (non-hydrogen) atoms. The van der Waals surface area contributed by atoms with Gasteiger partial charge in [0.15, 0.2) is 0 Å². The van der Waals surface area contributed by atoms with Crippen molar-refractivity contribution in [1.29, 1.82) is 0 Å². The zero-order valence-electron chi connectivity index (χ0n) is 13.8. The van der Waals surface area contributed by atoms with E-state index in [0.717, 1.165) is 6.54 Å². The van der Waals surface area contributed by atoms with Crippen LogP contribution in [0.3, 0.4) is 0 Å². The Hall–Kier alpha value is -1.28. The van der Waals surface area contributed by atoms with E-state index in [-0.39, 0.29) is 0 Å². The van der Waals surface area contributed by atoms with Gasteiger partial charge in [0.1, 0.15) is 0 Å². The van der Waals surface area contributed by atoms with E-state index in [1.54, 1.807) is 5.56 Å². The predicted octanol–water partition coefficient (Wildman–Crippen LogP) is 4.72. The molecule has 1 N–H and O–H groups in total. The molecule has 0 saturated heterocycles. The summed E-state index contributed by atoms with van der Waals surface area (Å²) in [5.41, 5.74) is 7.16. The molecule has 0 aliphatic carbocycles. The molecule has 0 spiro atoms. The highest BCUT2D eigenvalue weighted by Gasteiger charge is 2.21. The summed E-state index contributed by atoms with van der Waals surface area (Å²) in [5.74, 6) is 0. The van der Waals surface area contributed by atoms with E-state index in [9.17, 15) is 0 Å². The predicted molar refractivity (Wildman–Crippen MR) is 90.9 cm³/mol. The highest BCUT2D eigenvalue weighted by molar-refractivity contribution is 5.88. The maximum absolute atomic E-state index is 3.69. The molecule has 0 unspecified atom stereocenters. The first kappa shape index (κ1) is 14.6. The van der Waals surface area contributed by atoms with E-state index >= 15 is 0 Å². The first-order chi connectivity index (χ1) is 10.2. The molecule has 1 aromatic carbocycles. The van der Waals surface area contributed by atoms with Crippen LogP contribution >= 0.6 is 0 Å². The molecule has 0 amide bonds. The monoisotopic (exact) mass is 284 g/mol. The zero-order valence-corrected chi connectivity index (χ0v) is 13.8. The van der Waals surface area contributed by atoms with Gasteiger partial charge in [-0.2, -0.15) is 0 Å². The molecule has 0 bridgehead atoms. The smallest absolute Gasteiger partial charge is 0.0464 e. The van der Waals surface area contributed by atoms with Gasteiger partial charge in [-0.3, -0.25) is 4.90 Å². The van der Waals surface area contributed by atoms with Gasteiger partial charge in [-0.05, 0) is 56.0 Å². The van der Waals surface area contributed by atoms with E-state index < -0.39 is 0 Å². The number of aromatic nitrogens is 1. The quantitative estimate of drug-likeness (QED) is 0.787. The molecule has 0 fully saturated rings. The van der Waals surface area contributed by atoms with Crippen molar-refractivity contribution >= 4 is 10.9 Å². The van der Waals surface area contributed by atoms with E-state index in [1.165, 1.54) is 72.9 Å². The van der Waals surface area contributed by atoms with Crippen molar-refractivity contribution in [3.63, 3.8) is 0 Å². The molecule has 0 radical (unpaired) electrons. The summed E-state index contributed by atoms with van der Waals surface area (Å²) in [7, 11) is 0. The summed E-state index contributed by atoms with van der Waals surface area (Å²) >= 11 is 0. The molecule has 2 heteroatoms. The molecule has 1 aromatic heterocycles. The molecule has 1 aliphatic rings. The summed E-state index contributed by atoms with van der Waals surface area (Å²) in [6, 6.07) is 4.61. The molecule has 114 valence electrons. The van der Waals surface area contributed by atoms with Crippen LogP contribution in [0.1, 0.15) is 55.0 Å². The number of aromatic amines is 1. The molecule has 2 aromatic rings. The summed E-state index contributed by atoms with van der Waals surface area (Å²) in [6.45, 7) is 10.3. The highest BCUT2D eigenvalue weighted by Crippen LogP contribution is 2.30. The van der Waals surface area contributed by atoms with Gasteiger partial charge in [0.05, 0.1) is 0 Å². The second-order valence-corrected chi connectivity index (χ2v) is 6.67. The number of benzene rings is 1. The Bertz CT molecular complexity index is 624. The Morgan fingerprint density at radius 1 is 1.14 bits per heavy atom. The largest absolute Gasteiger partial charge is 0.357 e. The van der Waals surface area contributed by atoms with Crippen LogP contribution in [0.5, 0.6) is 0 Å². The molecule has 1 aliphatic heterocycles. The third-order valence-electron chi connectivity index (χ3n) is 4.82. The molecule has 2 heterocycles. The van der Waals surface area contributed by atoms with Crippen molar-refractivity contribution in [2.45, 2.75) is 59.4 Å². The van der Waals surface area contributed by atoms with E-state index in [0.29, 0.717) is 0 Å². The van der Waals surface area contributed by atoms with Gasteiger partial charge in [-0.1, -0.05) is 32.3 Å². The fourth-order valence-corrected chi connectivity index (χ4v) is 3.79. The lowest BCUT2D eigenvalue weighted by Crippen LogP contribution is -2.31. The number of nitrogens with zero attached hydrogens (tertiary/aromatic N) is 1. The van der Waals surface area contributed by atoms with Crippen molar-refractivity contribution in [1.82, 2.24) is 9.88 Å². The molecule has 2 nitrogen and oxygen atoms in total. The van der Waals surface area contributed by atoms with Gasteiger partial charge in [0, 0.05) is 29.7 Å². The number of unbranched alkanes of at least 4 members (excludes halogenated alkanes) is 3. The number of hydrogen-bond donors (Lipinski definition) is 1. The highest BCUT2D eigenvalue weighted by atomic mass is 15.1. The van der Waals surface area contributed by atoms with Crippen LogP contribution < -0.4 is 0 Å². The van der Waals surface area contributed by atoms with Crippen LogP contribution in [0, 0.1) is 13.8 Å². The van der Waals surface area contributed by atoms with Crippen molar-refractivity contribution in [2.24, 2.45) is 0 Å². The first-order valence-electron chi connectivity index (χ1n) is 8.52. The number of nitrogens with one attached hydrogen (secondary N) is 1. The molecule has 0 atom stereocenters. The van der Waals surface area contributed by atoms with Gasteiger partial charge in [0.25, 0.3) is 0 Å². The number of fused-ring (bicyclic) bond motifs is 3. The topological polar surface area (TPSA) is 19.0 Å². The Kier molecular flexibility index (Phi) is 4.34. The maximum atomic E-state index is 3.69. The maximum Gasteiger partial charge on any atom is 0.0464 e. The van der Waals surface area contributed by atoms with Gasteiger partial charge in [0.2, 0.25) is 0 Å². The lowest BCUT2D eigenvalue weighted by molar-refractivity contribution is 0.246. The third-order valence-corrected chi connectivity index (χ3v) is 4.82. The van der Waals surface area contributed by atoms with E-state index in [2.05, 4.69) is 42.8 Å². The normalized spacial score (nSPS) is 15.6. The van der Waals surface area contributed by atoms with E-state index in [4.69, 9.17) is 0 Å².